The van der Waals surface area contributed by atoms with Crippen LogP contribution in [0.4, 0.5) is 4.39 Å². The van der Waals surface area contributed by atoms with Crippen LogP contribution < -0.4 is 0 Å². The molecule has 1 aromatic carbocycles. The third-order valence-corrected chi connectivity index (χ3v) is 4.30. The maximum absolute atomic E-state index is 13.2. The molecule has 0 fully saturated rings. The molecular weight excluding hydrogens is 247 g/mol. The van der Waals surface area contributed by atoms with E-state index in [1.807, 2.05) is 11.8 Å². The van der Waals surface area contributed by atoms with Gasteiger partial charge in [0.25, 0.3) is 0 Å². The number of fused-ring (bicyclic) bond motifs is 1. The molecule has 1 heterocycles. The fraction of sp³-hybridized carbons (Fsp3) is 0.500. The molecule has 18 heavy (non-hydrogen) atoms. The monoisotopic (exact) mass is 266 g/mol. The molecule has 0 saturated heterocycles. The summed E-state index contributed by atoms with van der Waals surface area (Å²) in [5, 5.41) is 8.15. The summed E-state index contributed by atoms with van der Waals surface area (Å²) in [5.74, 6) is 2.47. The van der Waals surface area contributed by atoms with Gasteiger partial charge in [-0.1, -0.05) is 13.0 Å². The van der Waals surface area contributed by atoms with Crippen molar-refractivity contribution in [2.24, 2.45) is 0 Å². The van der Waals surface area contributed by atoms with Crippen molar-refractivity contribution in [1.82, 2.24) is 4.90 Å². The molecule has 1 atom stereocenters. The smallest absolute Gasteiger partial charge is 0.129 e. The molecule has 0 amide bonds. The minimum Gasteiger partial charge on any atom is -0.349 e. The Balaban J connectivity index is 2.04. The molecule has 98 valence electrons. The van der Waals surface area contributed by atoms with Crippen LogP contribution in [0.1, 0.15) is 31.4 Å². The number of amidine groups is 1. The van der Waals surface area contributed by atoms with Gasteiger partial charge in [0.1, 0.15) is 11.7 Å². The molecule has 0 aliphatic carbocycles. The lowest BCUT2D eigenvalue weighted by Gasteiger charge is -2.26. The van der Waals surface area contributed by atoms with Gasteiger partial charge in [-0.3, -0.25) is 5.41 Å². The van der Waals surface area contributed by atoms with Gasteiger partial charge in [0.15, 0.2) is 0 Å². The zero-order chi connectivity index (χ0) is 13.1. The molecule has 1 aliphatic heterocycles. The zero-order valence-corrected chi connectivity index (χ0v) is 11.7. The van der Waals surface area contributed by atoms with Crippen LogP contribution in [0.2, 0.25) is 0 Å². The van der Waals surface area contributed by atoms with Gasteiger partial charge >= 0.3 is 0 Å². The largest absolute Gasteiger partial charge is 0.349 e. The van der Waals surface area contributed by atoms with E-state index in [0.717, 1.165) is 35.6 Å². The van der Waals surface area contributed by atoms with Crippen molar-refractivity contribution in [3.63, 3.8) is 0 Å². The quantitative estimate of drug-likeness (QED) is 0.826. The third kappa shape index (κ3) is 2.69. The summed E-state index contributed by atoms with van der Waals surface area (Å²) in [6.45, 7) is 5.05. The van der Waals surface area contributed by atoms with E-state index in [1.165, 1.54) is 12.1 Å². The zero-order valence-electron chi connectivity index (χ0n) is 10.9. The predicted octanol–water partition coefficient (Wildman–Crippen LogP) is 3.50. The highest BCUT2D eigenvalue weighted by Gasteiger charge is 2.27. The Bertz CT molecular complexity index is 447. The van der Waals surface area contributed by atoms with Crippen LogP contribution in [0.25, 0.3) is 0 Å². The molecule has 0 aromatic heterocycles. The van der Waals surface area contributed by atoms with E-state index < -0.39 is 0 Å². The van der Waals surface area contributed by atoms with E-state index in [1.54, 1.807) is 6.07 Å². The Morgan fingerprint density at radius 3 is 3.00 bits per heavy atom. The van der Waals surface area contributed by atoms with Gasteiger partial charge in [0, 0.05) is 18.2 Å². The average Bonchev–Trinajstić information content (AvgIpc) is 2.67. The van der Waals surface area contributed by atoms with Crippen LogP contribution in [-0.4, -0.2) is 28.3 Å². The fourth-order valence-electron chi connectivity index (χ4n) is 2.25. The Hall–Kier alpha value is -1.03. The van der Waals surface area contributed by atoms with Crippen LogP contribution in [0.3, 0.4) is 0 Å². The van der Waals surface area contributed by atoms with Crippen LogP contribution in [0.5, 0.6) is 0 Å². The first-order chi connectivity index (χ1) is 8.63. The lowest BCUT2D eigenvalue weighted by Crippen LogP contribution is -2.33. The van der Waals surface area contributed by atoms with Crippen molar-refractivity contribution in [3.8, 4) is 0 Å². The Labute approximate surface area is 112 Å². The van der Waals surface area contributed by atoms with Crippen LogP contribution in [0.15, 0.2) is 18.2 Å². The lowest BCUT2D eigenvalue weighted by atomic mass is 10.1. The molecule has 1 aliphatic rings. The highest BCUT2D eigenvalue weighted by Crippen LogP contribution is 2.26. The minimum absolute atomic E-state index is 0.255. The Morgan fingerprint density at radius 1 is 1.50 bits per heavy atom. The third-order valence-electron chi connectivity index (χ3n) is 3.37. The first kappa shape index (κ1) is 13.4. The van der Waals surface area contributed by atoms with Gasteiger partial charge in [0.2, 0.25) is 0 Å². The van der Waals surface area contributed by atoms with Crippen molar-refractivity contribution in [1.29, 1.82) is 5.41 Å². The molecule has 2 nitrogen and oxygen atoms in total. The van der Waals surface area contributed by atoms with Crippen LogP contribution >= 0.6 is 11.8 Å². The highest BCUT2D eigenvalue weighted by molar-refractivity contribution is 7.99. The fourth-order valence-corrected chi connectivity index (χ4v) is 3.05. The lowest BCUT2D eigenvalue weighted by molar-refractivity contribution is 0.328. The summed E-state index contributed by atoms with van der Waals surface area (Å²) in [4.78, 5) is 2.07. The summed E-state index contributed by atoms with van der Waals surface area (Å²) in [6, 6.07) is 5.09. The first-order valence-corrected chi connectivity index (χ1v) is 7.50. The van der Waals surface area contributed by atoms with Crippen LogP contribution in [-0.2, 0) is 6.54 Å². The van der Waals surface area contributed by atoms with E-state index in [4.69, 9.17) is 5.41 Å². The SMILES string of the molecule is CCSCCC(C)N1Cc2ccc(F)cc2C1=N. The van der Waals surface area contributed by atoms with E-state index >= 15 is 0 Å². The van der Waals surface area contributed by atoms with Crippen LogP contribution in [0, 0.1) is 11.2 Å². The summed E-state index contributed by atoms with van der Waals surface area (Å²) in [6.07, 6.45) is 1.07. The van der Waals surface area contributed by atoms with Crippen molar-refractivity contribution in [3.05, 3.63) is 35.1 Å². The summed E-state index contributed by atoms with van der Waals surface area (Å²) in [5.41, 5.74) is 1.82. The molecule has 2 rings (SSSR count). The summed E-state index contributed by atoms with van der Waals surface area (Å²) >= 11 is 1.93. The molecule has 4 heteroatoms. The van der Waals surface area contributed by atoms with Crippen molar-refractivity contribution >= 4 is 17.6 Å². The van der Waals surface area contributed by atoms with Crippen molar-refractivity contribution in [2.75, 3.05) is 11.5 Å². The second kappa shape index (κ2) is 5.74. The number of hydrogen-bond donors (Lipinski definition) is 1. The van der Waals surface area contributed by atoms with E-state index in [0.29, 0.717) is 11.9 Å². The van der Waals surface area contributed by atoms with E-state index in [9.17, 15) is 4.39 Å². The number of hydrogen-bond acceptors (Lipinski definition) is 2. The normalized spacial score (nSPS) is 15.9. The van der Waals surface area contributed by atoms with E-state index in [2.05, 4.69) is 18.7 Å². The minimum atomic E-state index is -0.255. The Morgan fingerprint density at radius 2 is 2.28 bits per heavy atom. The van der Waals surface area contributed by atoms with Crippen molar-refractivity contribution in [2.45, 2.75) is 32.9 Å². The van der Waals surface area contributed by atoms with Gasteiger partial charge < -0.3 is 4.90 Å². The first-order valence-electron chi connectivity index (χ1n) is 6.35. The van der Waals surface area contributed by atoms with Gasteiger partial charge in [-0.05, 0) is 42.5 Å². The molecule has 1 N–H and O–H groups in total. The number of rotatable bonds is 5. The topological polar surface area (TPSA) is 27.1 Å². The number of nitrogens with one attached hydrogen (secondary N) is 1. The second-order valence-electron chi connectivity index (χ2n) is 4.61. The molecule has 1 unspecified atom stereocenters. The predicted molar refractivity (Wildman–Crippen MR) is 75.8 cm³/mol. The molecule has 0 spiro atoms. The van der Waals surface area contributed by atoms with Gasteiger partial charge in [-0.2, -0.15) is 11.8 Å². The summed E-state index contributed by atoms with van der Waals surface area (Å²) < 4.78 is 13.2. The van der Waals surface area contributed by atoms with Gasteiger partial charge in [-0.25, -0.2) is 4.39 Å². The maximum Gasteiger partial charge on any atom is 0.129 e. The standard InChI is InChI=1S/C14H19FN2S/c1-3-18-7-6-10(2)17-9-11-4-5-12(15)8-13(11)14(17)16/h4-5,8,10,16H,3,6-7,9H2,1-2H3. The number of halogens is 1. The number of thioether (sulfide) groups is 1. The van der Waals surface area contributed by atoms with Gasteiger partial charge in [0.05, 0.1) is 0 Å². The molecule has 0 radical (unpaired) electrons. The molecule has 1 aromatic rings. The maximum atomic E-state index is 13.2. The van der Waals surface area contributed by atoms with Crippen molar-refractivity contribution < 1.29 is 4.39 Å². The molecule has 0 bridgehead atoms. The Kier molecular flexibility index (Phi) is 4.27. The summed E-state index contributed by atoms with van der Waals surface area (Å²) in [7, 11) is 0. The second-order valence-corrected chi connectivity index (χ2v) is 6.01. The molecular formula is C14H19FN2S. The van der Waals surface area contributed by atoms with E-state index in [-0.39, 0.29) is 5.82 Å². The molecule has 0 saturated carbocycles. The number of benzene rings is 1. The average molecular weight is 266 g/mol. The number of nitrogens with zero attached hydrogens (tertiary/aromatic N) is 1. The highest BCUT2D eigenvalue weighted by atomic mass is 32.2. The van der Waals surface area contributed by atoms with Gasteiger partial charge in [-0.15, -0.1) is 0 Å².